The van der Waals surface area contributed by atoms with Gasteiger partial charge in [0.25, 0.3) is 0 Å². The van der Waals surface area contributed by atoms with E-state index in [9.17, 15) is 4.79 Å². The van der Waals surface area contributed by atoms with Crippen molar-refractivity contribution in [3.63, 3.8) is 0 Å². The molecule has 0 aromatic heterocycles. The summed E-state index contributed by atoms with van der Waals surface area (Å²) in [5.74, 6) is 0.682. The number of carbonyl (C=O) groups is 1. The average molecular weight is 518 g/mol. The molecule has 8 heteroatoms. The lowest BCUT2D eigenvalue weighted by atomic mass is 10.1. The lowest BCUT2D eigenvalue weighted by Crippen LogP contribution is -2.48. The molecule has 1 aliphatic rings. The average Bonchev–Trinajstić information content (AvgIpc) is 2.72. The first-order chi connectivity index (χ1) is 13.7. The summed E-state index contributed by atoms with van der Waals surface area (Å²) >= 11 is 0. The molecule has 0 radical (unpaired) electrons. The first-order valence-corrected chi connectivity index (χ1v) is 10.1. The molecule has 0 unspecified atom stereocenters. The summed E-state index contributed by atoms with van der Waals surface area (Å²) in [5.41, 5.74) is 2.03. The second-order valence-corrected chi connectivity index (χ2v) is 6.91. The van der Waals surface area contributed by atoms with Gasteiger partial charge in [0, 0.05) is 46.1 Å². The smallest absolute Gasteiger partial charge is 0.243 e. The number of amides is 1. The molecule has 0 saturated carbocycles. The molecule has 0 aliphatic carbocycles. The Balaban J connectivity index is 0.00000420. The van der Waals surface area contributed by atoms with Crippen molar-refractivity contribution in [1.29, 1.82) is 0 Å². The fourth-order valence-electron chi connectivity index (χ4n) is 3.25. The van der Waals surface area contributed by atoms with E-state index in [1.54, 1.807) is 14.2 Å². The third kappa shape index (κ3) is 9.31. The molecule has 29 heavy (non-hydrogen) atoms. The number of piperidine rings is 1. The number of guanidine groups is 1. The van der Waals surface area contributed by atoms with Gasteiger partial charge >= 0.3 is 0 Å². The predicted molar refractivity (Wildman–Crippen MR) is 128 cm³/mol. The van der Waals surface area contributed by atoms with Gasteiger partial charge in [-0.15, -0.1) is 24.0 Å². The number of ether oxygens (including phenoxy) is 2. The van der Waals surface area contributed by atoms with Gasteiger partial charge in [0.05, 0.1) is 12.6 Å². The summed E-state index contributed by atoms with van der Waals surface area (Å²) in [4.78, 5) is 18.8. The van der Waals surface area contributed by atoms with Crippen LogP contribution in [0.3, 0.4) is 0 Å². The Morgan fingerprint density at radius 2 is 2.03 bits per heavy atom. The molecule has 164 valence electrons. The van der Waals surface area contributed by atoms with Gasteiger partial charge in [-0.2, -0.15) is 0 Å². The summed E-state index contributed by atoms with van der Waals surface area (Å²) in [5, 5.41) is 6.10. The standard InChI is InChI=1S/C21H34N4O3.HI/c1-4-17-7-5-8-18(15-17)24-20(26)16-23-21(22-2)25-11-9-19(10-12-25)28-14-6-13-27-3;/h5,7-8,15,19H,4,6,9-14,16H2,1-3H3,(H,22,23)(H,24,26);1H. The zero-order valence-corrected chi connectivity index (χ0v) is 20.1. The topological polar surface area (TPSA) is 75.2 Å². The Morgan fingerprint density at radius 1 is 1.28 bits per heavy atom. The van der Waals surface area contributed by atoms with Crippen molar-refractivity contribution in [2.75, 3.05) is 52.3 Å². The number of nitrogens with one attached hydrogen (secondary N) is 2. The number of benzene rings is 1. The Kier molecular flexibility index (Phi) is 12.9. The first-order valence-electron chi connectivity index (χ1n) is 10.1. The number of methoxy groups -OCH3 is 1. The predicted octanol–water partition coefficient (Wildman–Crippen LogP) is 2.90. The van der Waals surface area contributed by atoms with E-state index in [0.717, 1.165) is 63.6 Å². The van der Waals surface area contributed by atoms with E-state index in [0.29, 0.717) is 6.10 Å². The van der Waals surface area contributed by atoms with Gasteiger partial charge in [0.15, 0.2) is 5.96 Å². The molecule has 0 spiro atoms. The van der Waals surface area contributed by atoms with Gasteiger partial charge in [-0.25, -0.2) is 0 Å². The van der Waals surface area contributed by atoms with Crippen LogP contribution in [0.4, 0.5) is 5.69 Å². The van der Waals surface area contributed by atoms with Crippen LogP contribution in [-0.2, 0) is 20.7 Å². The second-order valence-electron chi connectivity index (χ2n) is 6.91. The highest BCUT2D eigenvalue weighted by Gasteiger charge is 2.22. The summed E-state index contributed by atoms with van der Waals surface area (Å²) < 4.78 is 10.9. The van der Waals surface area contributed by atoms with Crippen LogP contribution in [0.5, 0.6) is 0 Å². The summed E-state index contributed by atoms with van der Waals surface area (Å²) in [6, 6.07) is 7.93. The second kappa shape index (κ2) is 14.6. The Bertz CT molecular complexity index is 634. The molecule has 2 N–H and O–H groups in total. The van der Waals surface area contributed by atoms with Crippen LogP contribution in [0.15, 0.2) is 29.3 Å². The number of likely N-dealkylation sites (tertiary alicyclic amines) is 1. The zero-order chi connectivity index (χ0) is 20.2. The Labute approximate surface area is 191 Å². The molecular weight excluding hydrogens is 483 g/mol. The minimum Gasteiger partial charge on any atom is -0.385 e. The Morgan fingerprint density at radius 3 is 2.69 bits per heavy atom. The number of anilines is 1. The highest BCUT2D eigenvalue weighted by atomic mass is 127. The molecular formula is C21H35IN4O3. The SMILES string of the molecule is CCc1cccc(NC(=O)CNC(=NC)N2CCC(OCCCOC)CC2)c1.I. The summed E-state index contributed by atoms with van der Waals surface area (Å²) in [7, 11) is 3.46. The van der Waals surface area contributed by atoms with E-state index < -0.39 is 0 Å². The number of aliphatic imine (C=N–C) groups is 1. The number of hydrogen-bond acceptors (Lipinski definition) is 4. The monoisotopic (exact) mass is 518 g/mol. The van der Waals surface area contributed by atoms with E-state index in [1.807, 2.05) is 18.2 Å². The van der Waals surface area contributed by atoms with Crippen molar-refractivity contribution in [3.8, 4) is 0 Å². The number of aryl methyl sites for hydroxylation is 1. The summed E-state index contributed by atoms with van der Waals surface area (Å²) in [6.45, 7) is 5.51. The number of rotatable bonds is 9. The van der Waals surface area contributed by atoms with Crippen LogP contribution in [-0.4, -0.2) is 69.9 Å². The van der Waals surface area contributed by atoms with Crippen LogP contribution in [0.2, 0.25) is 0 Å². The lowest BCUT2D eigenvalue weighted by Gasteiger charge is -2.34. The summed E-state index contributed by atoms with van der Waals surface area (Å²) in [6.07, 6.45) is 4.09. The van der Waals surface area contributed by atoms with Crippen LogP contribution in [0.25, 0.3) is 0 Å². The molecule has 1 aromatic carbocycles. The zero-order valence-electron chi connectivity index (χ0n) is 17.8. The van der Waals surface area contributed by atoms with Gasteiger partial charge in [0.1, 0.15) is 0 Å². The van der Waals surface area contributed by atoms with Crippen LogP contribution < -0.4 is 10.6 Å². The van der Waals surface area contributed by atoms with E-state index in [-0.39, 0.29) is 36.4 Å². The van der Waals surface area contributed by atoms with Gasteiger partial charge < -0.3 is 25.0 Å². The van der Waals surface area contributed by atoms with E-state index >= 15 is 0 Å². The van der Waals surface area contributed by atoms with Crippen molar-refractivity contribution in [3.05, 3.63) is 29.8 Å². The first kappa shape index (κ1) is 25.6. The highest BCUT2D eigenvalue weighted by molar-refractivity contribution is 14.0. The van der Waals surface area contributed by atoms with Crippen LogP contribution in [0.1, 0.15) is 31.7 Å². The maximum atomic E-state index is 12.3. The van der Waals surface area contributed by atoms with Gasteiger partial charge in [-0.05, 0) is 43.4 Å². The van der Waals surface area contributed by atoms with Crippen molar-refractivity contribution in [2.45, 2.75) is 38.7 Å². The van der Waals surface area contributed by atoms with Crippen molar-refractivity contribution in [2.24, 2.45) is 4.99 Å². The molecule has 2 rings (SSSR count). The van der Waals surface area contributed by atoms with Gasteiger partial charge in [0.2, 0.25) is 5.91 Å². The van der Waals surface area contributed by atoms with Crippen molar-refractivity contribution >= 4 is 41.5 Å². The number of hydrogen-bond donors (Lipinski definition) is 2. The van der Waals surface area contributed by atoms with E-state index in [1.165, 1.54) is 5.56 Å². The normalized spacial score (nSPS) is 15.0. The van der Waals surface area contributed by atoms with Crippen molar-refractivity contribution in [1.82, 2.24) is 10.2 Å². The van der Waals surface area contributed by atoms with Crippen molar-refractivity contribution < 1.29 is 14.3 Å². The lowest BCUT2D eigenvalue weighted by molar-refractivity contribution is -0.115. The Hall–Kier alpha value is -1.39. The molecule has 0 atom stereocenters. The molecule has 0 bridgehead atoms. The maximum Gasteiger partial charge on any atom is 0.243 e. The molecule has 1 aliphatic heterocycles. The van der Waals surface area contributed by atoms with E-state index in [2.05, 4.69) is 33.5 Å². The molecule has 1 heterocycles. The number of carbonyl (C=O) groups excluding carboxylic acids is 1. The van der Waals surface area contributed by atoms with Gasteiger partial charge in [-0.3, -0.25) is 9.79 Å². The van der Waals surface area contributed by atoms with Crippen LogP contribution >= 0.6 is 24.0 Å². The third-order valence-corrected chi connectivity index (χ3v) is 4.83. The van der Waals surface area contributed by atoms with E-state index in [4.69, 9.17) is 9.47 Å². The molecule has 1 amide bonds. The molecule has 7 nitrogen and oxygen atoms in total. The molecule has 1 aromatic rings. The maximum absolute atomic E-state index is 12.3. The van der Waals surface area contributed by atoms with Gasteiger partial charge in [-0.1, -0.05) is 19.1 Å². The molecule has 1 saturated heterocycles. The largest absolute Gasteiger partial charge is 0.385 e. The quantitative estimate of drug-likeness (QED) is 0.228. The minimum absolute atomic E-state index is 0. The number of halogens is 1. The number of nitrogens with zero attached hydrogens (tertiary/aromatic N) is 2. The third-order valence-electron chi connectivity index (χ3n) is 4.83. The fraction of sp³-hybridized carbons (Fsp3) is 0.619. The van der Waals surface area contributed by atoms with Crippen LogP contribution in [0, 0.1) is 0 Å². The molecule has 1 fully saturated rings. The highest BCUT2D eigenvalue weighted by Crippen LogP contribution is 2.14. The fourth-order valence-corrected chi connectivity index (χ4v) is 3.25. The minimum atomic E-state index is -0.0780.